The lowest BCUT2D eigenvalue weighted by Crippen LogP contribution is -2.30. The maximum Gasteiger partial charge on any atom is 0.246 e. The highest BCUT2D eigenvalue weighted by Gasteiger charge is 2.20. The molecule has 2 aromatic rings. The van der Waals surface area contributed by atoms with E-state index in [1.807, 2.05) is 7.05 Å². The molecule has 1 unspecified atom stereocenters. The molecule has 1 aromatic heterocycles. The summed E-state index contributed by atoms with van der Waals surface area (Å²) in [7, 11) is 3.54. The molecule has 1 aromatic carbocycles. The van der Waals surface area contributed by atoms with Crippen molar-refractivity contribution in [2.75, 3.05) is 19.0 Å². The minimum absolute atomic E-state index is 0.183. The number of nitrogens with zero attached hydrogens (tertiary/aromatic N) is 2. The molecule has 0 saturated carbocycles. The molecule has 130 valence electrons. The van der Waals surface area contributed by atoms with Gasteiger partial charge in [0.15, 0.2) is 0 Å². The zero-order chi connectivity index (χ0) is 17.7. The Kier molecular flexibility index (Phi) is 6.23. The largest absolute Gasteiger partial charge is 0.492 e. The van der Waals surface area contributed by atoms with Crippen LogP contribution in [0.25, 0.3) is 0 Å². The van der Waals surface area contributed by atoms with Gasteiger partial charge >= 0.3 is 0 Å². The molecule has 0 fully saturated rings. The van der Waals surface area contributed by atoms with Crippen LogP contribution < -0.4 is 15.4 Å². The quantitative estimate of drug-likeness (QED) is 0.805. The predicted octanol–water partition coefficient (Wildman–Crippen LogP) is 3.01. The van der Waals surface area contributed by atoms with E-state index in [-0.39, 0.29) is 5.91 Å². The molecule has 0 spiro atoms. The summed E-state index contributed by atoms with van der Waals surface area (Å²) in [6.45, 7) is 4.73. The molecule has 0 aliphatic rings. The fourth-order valence-electron chi connectivity index (χ4n) is 2.20. The Morgan fingerprint density at radius 1 is 1.42 bits per heavy atom. The average Bonchev–Trinajstić information content (AvgIpc) is 2.93. The third kappa shape index (κ3) is 4.72. The summed E-state index contributed by atoms with van der Waals surface area (Å²) in [6, 6.07) is 4.73. The first-order chi connectivity index (χ1) is 11.4. The Morgan fingerprint density at radius 3 is 2.71 bits per heavy atom. The Bertz CT molecular complexity index is 700. The van der Waals surface area contributed by atoms with Crippen molar-refractivity contribution in [2.45, 2.75) is 19.9 Å². The van der Waals surface area contributed by atoms with Crippen molar-refractivity contribution < 1.29 is 9.53 Å². The molecule has 0 radical (unpaired) electrons. The fraction of sp³-hybridized carbons (Fsp3) is 0.412. The van der Waals surface area contributed by atoms with Crippen molar-refractivity contribution in [2.24, 2.45) is 13.0 Å². The summed E-state index contributed by atoms with van der Waals surface area (Å²) in [4.78, 5) is 12.5. The van der Waals surface area contributed by atoms with E-state index >= 15 is 0 Å². The summed E-state index contributed by atoms with van der Waals surface area (Å²) in [6.07, 6.45) is 3.47. The molecule has 7 heteroatoms. The van der Waals surface area contributed by atoms with E-state index in [1.54, 1.807) is 42.3 Å². The van der Waals surface area contributed by atoms with Crippen LogP contribution >= 0.6 is 11.6 Å². The van der Waals surface area contributed by atoms with Crippen LogP contribution in [-0.4, -0.2) is 29.3 Å². The molecule has 0 aliphatic carbocycles. The van der Waals surface area contributed by atoms with Crippen LogP contribution in [0.2, 0.25) is 5.02 Å². The van der Waals surface area contributed by atoms with Gasteiger partial charge in [0, 0.05) is 24.5 Å². The first-order valence-electron chi connectivity index (χ1n) is 7.79. The van der Waals surface area contributed by atoms with Gasteiger partial charge in [-0.3, -0.25) is 9.48 Å². The number of aryl methyl sites for hydroxylation is 1. The SMILES string of the molecule is CNC(C(=O)Nc1ccc(OCC(C)C)c(Cl)c1)c1cnn(C)c1. The lowest BCUT2D eigenvalue weighted by molar-refractivity contribution is -0.118. The van der Waals surface area contributed by atoms with Crippen LogP contribution in [0, 0.1) is 5.92 Å². The molecule has 1 heterocycles. The Hall–Kier alpha value is -2.05. The third-order valence-electron chi connectivity index (χ3n) is 3.38. The smallest absolute Gasteiger partial charge is 0.246 e. The van der Waals surface area contributed by atoms with E-state index in [2.05, 4.69) is 29.6 Å². The number of rotatable bonds is 7. The minimum atomic E-state index is -0.491. The van der Waals surface area contributed by atoms with Crippen molar-refractivity contribution in [1.82, 2.24) is 15.1 Å². The van der Waals surface area contributed by atoms with Crippen LogP contribution in [0.4, 0.5) is 5.69 Å². The number of hydrogen-bond acceptors (Lipinski definition) is 4. The summed E-state index contributed by atoms with van der Waals surface area (Å²) < 4.78 is 7.29. The summed E-state index contributed by atoms with van der Waals surface area (Å²) in [5.74, 6) is 0.842. The van der Waals surface area contributed by atoms with Crippen LogP contribution in [0.1, 0.15) is 25.5 Å². The van der Waals surface area contributed by atoms with Crippen molar-refractivity contribution in [3.8, 4) is 5.75 Å². The maximum absolute atomic E-state index is 12.5. The van der Waals surface area contributed by atoms with E-state index in [0.29, 0.717) is 29.0 Å². The Morgan fingerprint density at radius 2 is 2.17 bits per heavy atom. The molecule has 0 bridgehead atoms. The molecule has 0 aliphatic heterocycles. The first-order valence-corrected chi connectivity index (χ1v) is 8.17. The van der Waals surface area contributed by atoms with Gasteiger partial charge < -0.3 is 15.4 Å². The van der Waals surface area contributed by atoms with E-state index in [0.717, 1.165) is 5.56 Å². The van der Waals surface area contributed by atoms with Gasteiger partial charge in [0.1, 0.15) is 11.8 Å². The zero-order valence-corrected chi connectivity index (χ0v) is 15.1. The van der Waals surface area contributed by atoms with Crippen LogP contribution in [0.15, 0.2) is 30.6 Å². The molecule has 1 atom stereocenters. The van der Waals surface area contributed by atoms with Crippen molar-refractivity contribution >= 4 is 23.2 Å². The second kappa shape index (κ2) is 8.17. The van der Waals surface area contributed by atoms with E-state index in [9.17, 15) is 4.79 Å². The van der Waals surface area contributed by atoms with Crippen LogP contribution in [0.3, 0.4) is 0 Å². The number of benzene rings is 1. The molecular weight excluding hydrogens is 328 g/mol. The molecule has 24 heavy (non-hydrogen) atoms. The number of aromatic nitrogens is 2. The van der Waals surface area contributed by atoms with Crippen LogP contribution in [0.5, 0.6) is 5.75 Å². The highest BCUT2D eigenvalue weighted by Crippen LogP contribution is 2.28. The number of anilines is 1. The molecule has 2 rings (SSSR count). The minimum Gasteiger partial charge on any atom is -0.492 e. The summed E-state index contributed by atoms with van der Waals surface area (Å²) in [5, 5.41) is 10.4. The first kappa shape index (κ1) is 18.3. The normalized spacial score (nSPS) is 12.2. The molecule has 2 N–H and O–H groups in total. The third-order valence-corrected chi connectivity index (χ3v) is 3.68. The molecular formula is C17H23ClN4O2. The molecule has 1 amide bonds. The fourth-order valence-corrected chi connectivity index (χ4v) is 2.44. The number of nitrogens with one attached hydrogen (secondary N) is 2. The Balaban J connectivity index is 2.06. The van der Waals surface area contributed by atoms with Gasteiger partial charge in [-0.15, -0.1) is 0 Å². The second-order valence-corrected chi connectivity index (χ2v) is 6.42. The van der Waals surface area contributed by atoms with Gasteiger partial charge in [-0.1, -0.05) is 25.4 Å². The average molecular weight is 351 g/mol. The van der Waals surface area contributed by atoms with Crippen molar-refractivity contribution in [3.63, 3.8) is 0 Å². The van der Waals surface area contributed by atoms with Crippen molar-refractivity contribution in [3.05, 3.63) is 41.2 Å². The summed E-state index contributed by atoms with van der Waals surface area (Å²) >= 11 is 6.22. The molecule has 6 nitrogen and oxygen atoms in total. The van der Waals surface area contributed by atoms with E-state index < -0.39 is 6.04 Å². The standard InChI is InChI=1S/C17H23ClN4O2/c1-11(2)10-24-15-6-5-13(7-14(15)18)21-17(23)16(19-3)12-8-20-22(4)9-12/h5-9,11,16,19H,10H2,1-4H3,(H,21,23). The van der Waals surface area contributed by atoms with Gasteiger partial charge in [0.05, 0.1) is 17.8 Å². The number of halogens is 1. The topological polar surface area (TPSA) is 68.2 Å². The van der Waals surface area contributed by atoms with Gasteiger partial charge in [0.2, 0.25) is 5.91 Å². The number of ether oxygens (including phenoxy) is 1. The van der Waals surface area contributed by atoms with Gasteiger partial charge in [-0.2, -0.15) is 5.10 Å². The van der Waals surface area contributed by atoms with Gasteiger partial charge in [0.25, 0.3) is 0 Å². The molecule has 0 saturated heterocycles. The van der Waals surface area contributed by atoms with Gasteiger partial charge in [-0.25, -0.2) is 0 Å². The monoisotopic (exact) mass is 350 g/mol. The highest BCUT2D eigenvalue weighted by molar-refractivity contribution is 6.32. The lowest BCUT2D eigenvalue weighted by Gasteiger charge is -2.16. The lowest BCUT2D eigenvalue weighted by atomic mass is 10.1. The predicted molar refractivity (Wildman–Crippen MR) is 95.4 cm³/mol. The van der Waals surface area contributed by atoms with Gasteiger partial charge in [-0.05, 0) is 31.2 Å². The zero-order valence-electron chi connectivity index (χ0n) is 14.3. The van der Waals surface area contributed by atoms with E-state index in [4.69, 9.17) is 16.3 Å². The van der Waals surface area contributed by atoms with E-state index in [1.165, 1.54) is 0 Å². The van der Waals surface area contributed by atoms with Crippen molar-refractivity contribution in [1.29, 1.82) is 0 Å². The highest BCUT2D eigenvalue weighted by atomic mass is 35.5. The maximum atomic E-state index is 12.5. The second-order valence-electron chi connectivity index (χ2n) is 6.01. The summed E-state index contributed by atoms with van der Waals surface area (Å²) in [5.41, 5.74) is 1.41. The number of amides is 1. The Labute approximate surface area is 147 Å². The van der Waals surface area contributed by atoms with Crippen LogP contribution in [-0.2, 0) is 11.8 Å². The number of carbonyl (C=O) groups is 1. The number of hydrogen-bond donors (Lipinski definition) is 2. The number of carbonyl (C=O) groups excluding carboxylic acids is 1. The number of likely N-dealkylation sites (N-methyl/N-ethyl adjacent to an activating group) is 1.